The van der Waals surface area contributed by atoms with Crippen molar-refractivity contribution in [3.8, 4) is 11.1 Å². The molecule has 2 amide bonds. The van der Waals surface area contributed by atoms with Crippen LogP contribution >= 0.6 is 0 Å². The van der Waals surface area contributed by atoms with E-state index in [0.717, 1.165) is 22.3 Å². The smallest absolute Gasteiger partial charge is 0.407 e. The summed E-state index contributed by atoms with van der Waals surface area (Å²) in [5, 5.41) is 14.1. The Hall–Kier alpha value is -3.35. The van der Waals surface area contributed by atoms with Crippen molar-refractivity contribution in [2.24, 2.45) is 5.41 Å². The van der Waals surface area contributed by atoms with Crippen molar-refractivity contribution < 1.29 is 24.2 Å². The van der Waals surface area contributed by atoms with Crippen molar-refractivity contribution in [2.45, 2.75) is 52.1 Å². The fourth-order valence-corrected chi connectivity index (χ4v) is 3.98. The third-order valence-corrected chi connectivity index (χ3v) is 5.50. The van der Waals surface area contributed by atoms with Crippen LogP contribution in [0.1, 0.15) is 51.2 Å². The zero-order valence-corrected chi connectivity index (χ0v) is 18.8. The van der Waals surface area contributed by atoms with Crippen molar-refractivity contribution in [2.75, 3.05) is 6.61 Å². The number of amides is 2. The number of carbonyl (C=O) groups excluding carboxylic acids is 2. The van der Waals surface area contributed by atoms with Gasteiger partial charge in [-0.15, -0.1) is 0 Å². The van der Waals surface area contributed by atoms with Gasteiger partial charge in [-0.05, 0) is 41.0 Å². The van der Waals surface area contributed by atoms with E-state index in [1.807, 2.05) is 57.2 Å². The molecule has 7 nitrogen and oxygen atoms in total. The Balaban J connectivity index is 1.69. The zero-order valence-electron chi connectivity index (χ0n) is 18.8. The van der Waals surface area contributed by atoms with Gasteiger partial charge in [0.25, 0.3) is 0 Å². The molecule has 1 aliphatic rings. The summed E-state index contributed by atoms with van der Waals surface area (Å²) in [5.41, 5.74) is 4.18. The maximum Gasteiger partial charge on any atom is 0.407 e. The molecule has 2 aromatic carbocycles. The van der Waals surface area contributed by atoms with Gasteiger partial charge in [-0.2, -0.15) is 0 Å². The number of carboxylic acids is 1. The summed E-state index contributed by atoms with van der Waals surface area (Å²) in [6.45, 7) is 7.32. The number of fused-ring (bicyclic) bond motifs is 3. The lowest BCUT2D eigenvalue weighted by atomic mass is 9.87. The second-order valence-electron chi connectivity index (χ2n) is 9.36. The molecule has 2 atom stereocenters. The van der Waals surface area contributed by atoms with E-state index in [9.17, 15) is 14.4 Å². The Morgan fingerprint density at radius 2 is 1.50 bits per heavy atom. The first-order valence-corrected chi connectivity index (χ1v) is 10.7. The lowest BCUT2D eigenvalue weighted by Gasteiger charge is -2.26. The quantitative estimate of drug-likeness (QED) is 0.608. The highest BCUT2D eigenvalue weighted by Gasteiger charge is 2.31. The Morgan fingerprint density at radius 3 is 2.00 bits per heavy atom. The third kappa shape index (κ3) is 5.46. The van der Waals surface area contributed by atoms with Gasteiger partial charge >= 0.3 is 12.1 Å². The number of hydrogen-bond donors (Lipinski definition) is 3. The lowest BCUT2D eigenvalue weighted by Crippen LogP contribution is -2.52. The van der Waals surface area contributed by atoms with E-state index in [-0.39, 0.29) is 17.9 Å². The van der Waals surface area contributed by atoms with Crippen LogP contribution in [0.25, 0.3) is 11.1 Å². The van der Waals surface area contributed by atoms with Crippen LogP contribution in [0, 0.1) is 5.41 Å². The first kappa shape index (κ1) is 23.3. The van der Waals surface area contributed by atoms with Gasteiger partial charge in [0.1, 0.15) is 18.7 Å². The largest absolute Gasteiger partial charge is 0.480 e. The molecule has 0 fully saturated rings. The van der Waals surface area contributed by atoms with Gasteiger partial charge in [-0.3, -0.25) is 9.59 Å². The Labute approximate surface area is 188 Å². The van der Waals surface area contributed by atoms with E-state index in [1.54, 1.807) is 0 Å². The molecule has 0 aromatic heterocycles. The number of hydrogen-bond acceptors (Lipinski definition) is 4. The van der Waals surface area contributed by atoms with E-state index in [4.69, 9.17) is 9.84 Å². The molecule has 0 aliphatic heterocycles. The fourth-order valence-electron chi connectivity index (χ4n) is 3.98. The van der Waals surface area contributed by atoms with Crippen LogP contribution in [-0.2, 0) is 14.3 Å². The van der Waals surface area contributed by atoms with Crippen LogP contribution in [0.4, 0.5) is 4.79 Å². The molecular formula is C25H30N2O5. The van der Waals surface area contributed by atoms with Crippen LogP contribution in [0.3, 0.4) is 0 Å². The minimum absolute atomic E-state index is 0.0879. The van der Waals surface area contributed by atoms with Gasteiger partial charge in [-0.1, -0.05) is 69.3 Å². The number of benzene rings is 2. The maximum absolute atomic E-state index is 12.6. The molecule has 0 saturated carbocycles. The standard InChI is InChI=1S/C25H30N2O5/c1-15(23(29)30)26-22(28)21(13-25(2,3)4)27-24(31)32-14-20-18-11-7-5-9-16(18)17-10-6-8-12-19(17)20/h5-12,15,20-21H,13-14H2,1-4H3,(H,26,28)(H,27,31)(H,29,30)/t15-,21?/m0/s1. The zero-order chi connectivity index (χ0) is 23.5. The molecule has 0 bridgehead atoms. The summed E-state index contributed by atoms with van der Waals surface area (Å²) < 4.78 is 5.54. The van der Waals surface area contributed by atoms with Crippen LogP contribution in [0.15, 0.2) is 48.5 Å². The Morgan fingerprint density at radius 1 is 0.969 bits per heavy atom. The molecule has 3 rings (SSSR count). The molecule has 1 aliphatic carbocycles. The van der Waals surface area contributed by atoms with Crippen molar-refractivity contribution in [1.29, 1.82) is 0 Å². The summed E-state index contributed by atoms with van der Waals surface area (Å²) in [6.07, 6.45) is -0.380. The van der Waals surface area contributed by atoms with E-state index in [1.165, 1.54) is 6.92 Å². The Bertz CT molecular complexity index is 966. The molecule has 3 N–H and O–H groups in total. The van der Waals surface area contributed by atoms with Crippen LogP contribution in [0.2, 0.25) is 0 Å². The second kappa shape index (κ2) is 9.42. The Kier molecular flexibility index (Phi) is 6.87. The average Bonchev–Trinajstić information content (AvgIpc) is 3.04. The first-order valence-electron chi connectivity index (χ1n) is 10.7. The van der Waals surface area contributed by atoms with Gasteiger partial charge in [0.2, 0.25) is 5.91 Å². The first-order chi connectivity index (χ1) is 15.1. The predicted molar refractivity (Wildman–Crippen MR) is 121 cm³/mol. The number of ether oxygens (including phenoxy) is 1. The van der Waals surface area contributed by atoms with Gasteiger partial charge in [0, 0.05) is 5.92 Å². The average molecular weight is 439 g/mol. The van der Waals surface area contributed by atoms with Crippen molar-refractivity contribution in [3.05, 3.63) is 59.7 Å². The number of carboxylic acid groups (broad SMARTS) is 1. The number of aliphatic carboxylic acids is 1. The highest BCUT2D eigenvalue weighted by atomic mass is 16.5. The summed E-state index contributed by atoms with van der Waals surface area (Å²) in [6, 6.07) is 14.1. The summed E-state index contributed by atoms with van der Waals surface area (Å²) in [7, 11) is 0. The van der Waals surface area contributed by atoms with Crippen molar-refractivity contribution in [1.82, 2.24) is 10.6 Å². The SMILES string of the molecule is C[C@H](NC(=O)C(CC(C)(C)C)NC(=O)OCC1c2ccccc2-c2ccccc21)C(=O)O. The van der Waals surface area contributed by atoms with E-state index < -0.39 is 30.1 Å². The van der Waals surface area contributed by atoms with Gasteiger partial charge in [0.15, 0.2) is 0 Å². The molecule has 0 spiro atoms. The number of carbonyl (C=O) groups is 3. The van der Waals surface area contributed by atoms with Crippen molar-refractivity contribution in [3.63, 3.8) is 0 Å². The summed E-state index contributed by atoms with van der Waals surface area (Å²) >= 11 is 0. The summed E-state index contributed by atoms with van der Waals surface area (Å²) in [5.74, 6) is -1.78. The van der Waals surface area contributed by atoms with Crippen molar-refractivity contribution >= 4 is 18.0 Å². The number of nitrogens with one attached hydrogen (secondary N) is 2. The van der Waals surface area contributed by atoms with Crippen LogP contribution < -0.4 is 10.6 Å². The van der Waals surface area contributed by atoms with Gasteiger partial charge < -0.3 is 20.5 Å². The number of rotatable bonds is 7. The maximum atomic E-state index is 12.6. The fraction of sp³-hybridized carbons (Fsp3) is 0.400. The van der Waals surface area contributed by atoms with E-state index in [0.29, 0.717) is 6.42 Å². The lowest BCUT2D eigenvalue weighted by molar-refractivity contribution is -0.141. The molecule has 0 radical (unpaired) electrons. The highest BCUT2D eigenvalue weighted by Crippen LogP contribution is 2.44. The monoisotopic (exact) mass is 438 g/mol. The topological polar surface area (TPSA) is 105 Å². The van der Waals surface area contributed by atoms with E-state index in [2.05, 4.69) is 22.8 Å². The molecule has 2 aromatic rings. The van der Waals surface area contributed by atoms with Crippen LogP contribution in [0.5, 0.6) is 0 Å². The molecule has 1 unspecified atom stereocenters. The van der Waals surface area contributed by atoms with Gasteiger partial charge in [0.05, 0.1) is 0 Å². The minimum Gasteiger partial charge on any atom is -0.480 e. The molecule has 170 valence electrons. The highest BCUT2D eigenvalue weighted by molar-refractivity contribution is 5.89. The molecule has 7 heteroatoms. The predicted octanol–water partition coefficient (Wildman–Crippen LogP) is 3.92. The second-order valence-corrected chi connectivity index (χ2v) is 9.36. The summed E-state index contributed by atoms with van der Waals surface area (Å²) in [4.78, 5) is 36.3. The van der Waals surface area contributed by atoms with Gasteiger partial charge in [-0.25, -0.2) is 4.79 Å². The third-order valence-electron chi connectivity index (χ3n) is 5.50. The van der Waals surface area contributed by atoms with Crippen LogP contribution in [-0.4, -0.2) is 41.8 Å². The van der Waals surface area contributed by atoms with E-state index >= 15 is 0 Å². The number of alkyl carbamates (subject to hydrolysis) is 1. The normalized spacial score (nSPS) is 14.6. The molecular weight excluding hydrogens is 408 g/mol. The molecule has 32 heavy (non-hydrogen) atoms. The minimum atomic E-state index is -1.14. The molecule has 0 heterocycles. The molecule has 0 saturated heterocycles.